The third-order valence-electron chi connectivity index (χ3n) is 5.05. The van der Waals surface area contributed by atoms with Gasteiger partial charge in [0.05, 0.1) is 11.3 Å². The van der Waals surface area contributed by atoms with Crippen LogP contribution in [0.5, 0.6) is 0 Å². The monoisotopic (exact) mass is 357 g/mol. The minimum absolute atomic E-state index is 0.0414. The number of amides is 1. The summed E-state index contributed by atoms with van der Waals surface area (Å²) in [6.45, 7) is 7.55. The lowest BCUT2D eigenvalue weighted by atomic mass is 10.0. The summed E-state index contributed by atoms with van der Waals surface area (Å²) >= 11 is 0. The zero-order valence-corrected chi connectivity index (χ0v) is 15.6. The van der Waals surface area contributed by atoms with Crippen molar-refractivity contribution < 1.29 is 4.79 Å². The number of likely N-dealkylation sites (tertiary alicyclic amines) is 1. The van der Waals surface area contributed by atoms with Crippen LogP contribution in [0.2, 0.25) is 0 Å². The Labute approximate surface area is 159 Å². The molecule has 2 aromatic carbocycles. The van der Waals surface area contributed by atoms with E-state index in [9.17, 15) is 4.79 Å². The lowest BCUT2D eigenvalue weighted by Gasteiger charge is -2.27. The fraction of sp³-hybridized carbons (Fsp3) is 0.217. The molecule has 2 heterocycles. The molecule has 136 valence electrons. The molecule has 0 radical (unpaired) electrons. The highest BCUT2D eigenvalue weighted by Gasteiger charge is 2.25. The van der Waals surface area contributed by atoms with E-state index in [0.29, 0.717) is 5.56 Å². The first-order valence-electron chi connectivity index (χ1n) is 9.30. The molecule has 1 saturated heterocycles. The van der Waals surface area contributed by atoms with Crippen LogP contribution >= 0.6 is 0 Å². The summed E-state index contributed by atoms with van der Waals surface area (Å²) in [6, 6.07) is 18.1. The van der Waals surface area contributed by atoms with Gasteiger partial charge in [0.25, 0.3) is 5.91 Å². The van der Waals surface area contributed by atoms with Crippen molar-refractivity contribution in [1.29, 1.82) is 0 Å². The lowest BCUT2D eigenvalue weighted by molar-refractivity contribution is 0.0744. The molecule has 4 nitrogen and oxygen atoms in total. The topological polar surface area (TPSA) is 38.1 Å². The van der Waals surface area contributed by atoms with Gasteiger partial charge in [-0.1, -0.05) is 60.2 Å². The highest BCUT2D eigenvalue weighted by molar-refractivity contribution is 6.00. The molecule has 4 rings (SSSR count). The Hall–Kier alpha value is -3.14. The summed E-state index contributed by atoms with van der Waals surface area (Å²) in [5.41, 5.74) is 5.69. The molecule has 27 heavy (non-hydrogen) atoms. The van der Waals surface area contributed by atoms with E-state index in [-0.39, 0.29) is 5.91 Å². The van der Waals surface area contributed by atoms with E-state index in [0.717, 1.165) is 42.9 Å². The molecule has 0 atom stereocenters. The number of rotatable bonds is 3. The summed E-state index contributed by atoms with van der Waals surface area (Å²) in [5.74, 6) is 0.0414. The second-order valence-electron chi connectivity index (χ2n) is 7.08. The van der Waals surface area contributed by atoms with Gasteiger partial charge in [0.2, 0.25) is 0 Å². The van der Waals surface area contributed by atoms with Crippen molar-refractivity contribution in [3.8, 4) is 16.9 Å². The predicted octanol–water partition coefficient (Wildman–Crippen LogP) is 4.64. The number of nitrogens with zero attached hydrogens (tertiary/aromatic N) is 3. The first-order valence-corrected chi connectivity index (χ1v) is 9.30. The van der Waals surface area contributed by atoms with Crippen LogP contribution in [0.4, 0.5) is 0 Å². The van der Waals surface area contributed by atoms with Crippen LogP contribution < -0.4 is 0 Å². The maximum Gasteiger partial charge on any atom is 0.257 e. The van der Waals surface area contributed by atoms with E-state index in [1.54, 1.807) is 4.68 Å². The average Bonchev–Trinajstić information content (AvgIpc) is 3.15. The Morgan fingerprint density at radius 2 is 1.67 bits per heavy atom. The minimum Gasteiger partial charge on any atom is -0.338 e. The van der Waals surface area contributed by atoms with Crippen molar-refractivity contribution in [3.63, 3.8) is 0 Å². The summed E-state index contributed by atoms with van der Waals surface area (Å²) in [7, 11) is 0. The molecule has 0 spiro atoms. The summed E-state index contributed by atoms with van der Waals surface area (Å²) in [4.78, 5) is 15.2. The second kappa shape index (κ2) is 7.23. The van der Waals surface area contributed by atoms with Gasteiger partial charge >= 0.3 is 0 Å². The minimum atomic E-state index is 0.0414. The molecule has 0 unspecified atom stereocenters. The third kappa shape index (κ3) is 3.56. The molecule has 0 bridgehead atoms. The molecule has 1 amide bonds. The first-order chi connectivity index (χ1) is 13.1. The van der Waals surface area contributed by atoms with Crippen molar-refractivity contribution in [2.45, 2.75) is 19.8 Å². The van der Waals surface area contributed by atoms with E-state index >= 15 is 0 Å². The van der Waals surface area contributed by atoms with Gasteiger partial charge in [-0.05, 0) is 31.9 Å². The molecule has 0 saturated carbocycles. The van der Waals surface area contributed by atoms with Crippen molar-refractivity contribution in [3.05, 3.63) is 84.1 Å². The van der Waals surface area contributed by atoms with Crippen molar-refractivity contribution in [2.24, 2.45) is 0 Å². The fourth-order valence-electron chi connectivity index (χ4n) is 3.37. The Kier molecular flexibility index (Phi) is 4.63. The number of aryl methyl sites for hydroxylation is 1. The Balaban J connectivity index is 1.75. The maximum absolute atomic E-state index is 13.2. The largest absolute Gasteiger partial charge is 0.338 e. The van der Waals surface area contributed by atoms with Crippen LogP contribution in [0.1, 0.15) is 28.8 Å². The predicted molar refractivity (Wildman–Crippen MR) is 108 cm³/mol. The Bertz CT molecular complexity index is 961. The van der Waals surface area contributed by atoms with Gasteiger partial charge < -0.3 is 4.90 Å². The van der Waals surface area contributed by atoms with Gasteiger partial charge in [-0.3, -0.25) is 4.79 Å². The van der Waals surface area contributed by atoms with Crippen molar-refractivity contribution in [2.75, 3.05) is 13.1 Å². The van der Waals surface area contributed by atoms with Crippen LogP contribution in [0.15, 0.2) is 72.9 Å². The molecule has 3 aromatic rings. The third-order valence-corrected chi connectivity index (χ3v) is 5.05. The second-order valence-corrected chi connectivity index (χ2v) is 7.08. The maximum atomic E-state index is 13.2. The summed E-state index contributed by atoms with van der Waals surface area (Å²) < 4.78 is 1.80. The molecular formula is C23H23N3O. The molecule has 1 aromatic heterocycles. The van der Waals surface area contributed by atoms with Crippen LogP contribution in [-0.4, -0.2) is 33.7 Å². The first kappa shape index (κ1) is 17.3. The molecule has 0 aliphatic carbocycles. The van der Waals surface area contributed by atoms with Gasteiger partial charge in [0, 0.05) is 24.8 Å². The Morgan fingerprint density at radius 3 is 2.33 bits per heavy atom. The number of piperidine rings is 1. The van der Waals surface area contributed by atoms with Crippen molar-refractivity contribution in [1.82, 2.24) is 14.7 Å². The summed E-state index contributed by atoms with van der Waals surface area (Å²) in [6.07, 6.45) is 3.61. The number of aromatic nitrogens is 2. The van der Waals surface area contributed by atoms with Crippen LogP contribution in [0.3, 0.4) is 0 Å². The van der Waals surface area contributed by atoms with E-state index in [4.69, 9.17) is 5.10 Å². The number of hydrogen-bond acceptors (Lipinski definition) is 2. The standard InChI is InChI=1S/C23H23N3O/c1-17-8-10-20(11-9-17)26-16-21(22(24-26)19-6-4-3-5-7-19)23(27)25-14-12-18(2)13-15-25/h3-11,16H,2,12-15H2,1H3. The van der Waals surface area contributed by atoms with Crippen molar-refractivity contribution >= 4 is 5.91 Å². The van der Waals surface area contributed by atoms with Gasteiger partial charge in [0.15, 0.2) is 0 Å². The van der Waals surface area contributed by atoms with E-state index < -0.39 is 0 Å². The van der Waals surface area contributed by atoms with Crippen LogP contribution in [-0.2, 0) is 0 Å². The number of carbonyl (C=O) groups is 1. The molecule has 1 fully saturated rings. The number of benzene rings is 2. The van der Waals surface area contributed by atoms with E-state index in [2.05, 4.69) is 25.6 Å². The van der Waals surface area contributed by atoms with Gasteiger partial charge in [-0.25, -0.2) is 4.68 Å². The zero-order chi connectivity index (χ0) is 18.8. The zero-order valence-electron chi connectivity index (χ0n) is 15.6. The average molecular weight is 357 g/mol. The SMILES string of the molecule is C=C1CCN(C(=O)c2cn(-c3ccc(C)cc3)nc2-c2ccccc2)CC1. The van der Waals surface area contributed by atoms with Gasteiger partial charge in [-0.2, -0.15) is 5.10 Å². The summed E-state index contributed by atoms with van der Waals surface area (Å²) in [5, 5.41) is 4.76. The van der Waals surface area contributed by atoms with Gasteiger partial charge in [-0.15, -0.1) is 0 Å². The fourth-order valence-corrected chi connectivity index (χ4v) is 3.37. The van der Waals surface area contributed by atoms with E-state index in [1.165, 1.54) is 11.1 Å². The molecular weight excluding hydrogens is 334 g/mol. The highest BCUT2D eigenvalue weighted by atomic mass is 16.2. The van der Waals surface area contributed by atoms with Crippen LogP contribution in [0.25, 0.3) is 16.9 Å². The lowest BCUT2D eigenvalue weighted by Crippen LogP contribution is -2.36. The smallest absolute Gasteiger partial charge is 0.257 e. The quantitative estimate of drug-likeness (QED) is 0.641. The number of hydrogen-bond donors (Lipinski definition) is 0. The normalized spacial score (nSPS) is 14.4. The molecule has 4 heteroatoms. The van der Waals surface area contributed by atoms with E-state index in [1.807, 2.05) is 53.6 Å². The Morgan fingerprint density at radius 1 is 1.00 bits per heavy atom. The van der Waals surface area contributed by atoms with Crippen LogP contribution in [0, 0.1) is 6.92 Å². The molecule has 1 aliphatic heterocycles. The number of carbonyl (C=O) groups excluding carboxylic acids is 1. The highest BCUT2D eigenvalue weighted by Crippen LogP contribution is 2.26. The molecule has 0 N–H and O–H groups in total. The van der Waals surface area contributed by atoms with Gasteiger partial charge in [0.1, 0.15) is 5.69 Å². The molecule has 1 aliphatic rings.